The summed E-state index contributed by atoms with van der Waals surface area (Å²) >= 11 is 0. The number of piperidine rings is 1. The Morgan fingerprint density at radius 3 is 2.10 bits per heavy atom. The lowest BCUT2D eigenvalue weighted by Crippen LogP contribution is -2.43. The van der Waals surface area contributed by atoms with E-state index in [1.54, 1.807) is 0 Å². The molecule has 0 bridgehead atoms. The second-order valence-electron chi connectivity index (χ2n) is 5.93. The lowest BCUT2D eigenvalue weighted by atomic mass is 10.1. The maximum atomic E-state index is 12.6. The summed E-state index contributed by atoms with van der Waals surface area (Å²) in [6.07, 6.45) is 1.75. The van der Waals surface area contributed by atoms with Crippen molar-refractivity contribution in [1.82, 2.24) is 9.62 Å². The molecule has 20 heavy (non-hydrogen) atoms. The van der Waals surface area contributed by atoms with Gasteiger partial charge in [0.25, 0.3) is 0 Å². The van der Waals surface area contributed by atoms with Gasteiger partial charge < -0.3 is 4.90 Å². The predicted octanol–water partition coefficient (Wildman–Crippen LogP) is 1.98. The van der Waals surface area contributed by atoms with E-state index in [1.165, 1.54) is 0 Å². The van der Waals surface area contributed by atoms with Crippen LogP contribution in [0.15, 0.2) is 17.0 Å². The maximum Gasteiger partial charge on any atom is 0.241 e. The molecule has 1 aromatic carbocycles. The van der Waals surface area contributed by atoms with Gasteiger partial charge in [0, 0.05) is 6.04 Å². The normalized spacial score (nSPS) is 18.4. The van der Waals surface area contributed by atoms with Crippen molar-refractivity contribution in [2.24, 2.45) is 0 Å². The fraction of sp³-hybridized carbons (Fsp3) is 0.600. The lowest BCUT2D eigenvalue weighted by molar-refractivity contribution is 0.248. The minimum atomic E-state index is -3.42. The third-order valence-electron chi connectivity index (χ3n) is 3.91. The van der Waals surface area contributed by atoms with Gasteiger partial charge in [-0.2, -0.15) is 0 Å². The summed E-state index contributed by atoms with van der Waals surface area (Å²) in [5.74, 6) is 0. The molecule has 1 aromatic rings. The quantitative estimate of drug-likeness (QED) is 0.928. The van der Waals surface area contributed by atoms with E-state index in [9.17, 15) is 8.42 Å². The van der Waals surface area contributed by atoms with Gasteiger partial charge in [0.05, 0.1) is 4.90 Å². The first-order chi connectivity index (χ1) is 9.29. The molecule has 5 heteroatoms. The molecule has 0 amide bonds. The van der Waals surface area contributed by atoms with Crippen LogP contribution in [0.5, 0.6) is 0 Å². The molecule has 1 aliphatic heterocycles. The molecule has 1 saturated heterocycles. The van der Waals surface area contributed by atoms with Crippen molar-refractivity contribution in [3.8, 4) is 0 Å². The Morgan fingerprint density at radius 2 is 1.60 bits per heavy atom. The number of sulfonamides is 1. The van der Waals surface area contributed by atoms with E-state index < -0.39 is 10.0 Å². The van der Waals surface area contributed by atoms with Gasteiger partial charge in [0.1, 0.15) is 0 Å². The molecule has 2 rings (SSSR count). The predicted molar refractivity (Wildman–Crippen MR) is 81.5 cm³/mol. The molecule has 1 aliphatic rings. The van der Waals surface area contributed by atoms with Crippen LogP contribution in [0, 0.1) is 20.8 Å². The summed E-state index contributed by atoms with van der Waals surface area (Å²) < 4.78 is 28.1. The van der Waals surface area contributed by atoms with Gasteiger partial charge in [-0.05, 0) is 64.9 Å². The van der Waals surface area contributed by atoms with E-state index in [1.807, 2.05) is 32.9 Å². The van der Waals surface area contributed by atoms with Crippen LogP contribution < -0.4 is 4.72 Å². The highest BCUT2D eigenvalue weighted by Gasteiger charge is 2.25. The van der Waals surface area contributed by atoms with Gasteiger partial charge in [-0.15, -0.1) is 0 Å². The van der Waals surface area contributed by atoms with Crippen LogP contribution in [0.25, 0.3) is 0 Å². The Morgan fingerprint density at radius 1 is 1.10 bits per heavy atom. The smallest absolute Gasteiger partial charge is 0.241 e. The first-order valence-corrected chi connectivity index (χ1v) is 8.56. The molecule has 0 aromatic heterocycles. The van der Waals surface area contributed by atoms with Gasteiger partial charge in [-0.1, -0.05) is 17.7 Å². The Labute approximate surface area is 122 Å². The summed E-state index contributed by atoms with van der Waals surface area (Å²) in [5, 5.41) is 0. The molecule has 1 fully saturated rings. The third-order valence-corrected chi connectivity index (χ3v) is 5.74. The molecule has 1 heterocycles. The van der Waals surface area contributed by atoms with E-state index in [2.05, 4.69) is 16.7 Å². The van der Waals surface area contributed by atoms with E-state index in [0.717, 1.165) is 42.6 Å². The number of benzene rings is 1. The van der Waals surface area contributed by atoms with Crippen molar-refractivity contribution in [2.75, 3.05) is 20.1 Å². The van der Waals surface area contributed by atoms with Crippen molar-refractivity contribution in [1.29, 1.82) is 0 Å². The van der Waals surface area contributed by atoms with Gasteiger partial charge in [0.2, 0.25) is 10.0 Å². The average molecular weight is 296 g/mol. The van der Waals surface area contributed by atoms with Crippen LogP contribution in [-0.4, -0.2) is 39.5 Å². The monoisotopic (exact) mass is 296 g/mol. The standard InChI is InChI=1S/C15H24N2O2S/c1-11-9-12(2)15(13(3)10-11)20(18,19)16-14-5-7-17(4)8-6-14/h9-10,14,16H,5-8H2,1-4H3. The summed E-state index contributed by atoms with van der Waals surface area (Å²) in [7, 11) is -1.36. The van der Waals surface area contributed by atoms with Gasteiger partial charge >= 0.3 is 0 Å². The maximum absolute atomic E-state index is 12.6. The van der Waals surface area contributed by atoms with Crippen molar-refractivity contribution in [3.63, 3.8) is 0 Å². The second-order valence-corrected chi connectivity index (χ2v) is 7.58. The zero-order valence-corrected chi connectivity index (χ0v) is 13.5. The summed E-state index contributed by atoms with van der Waals surface area (Å²) in [5.41, 5.74) is 2.74. The molecule has 112 valence electrons. The molecular weight excluding hydrogens is 272 g/mol. The van der Waals surface area contributed by atoms with E-state index in [4.69, 9.17) is 0 Å². The molecule has 0 saturated carbocycles. The Balaban J connectivity index is 2.23. The lowest BCUT2D eigenvalue weighted by Gasteiger charge is -2.29. The van der Waals surface area contributed by atoms with E-state index in [0.29, 0.717) is 4.90 Å². The van der Waals surface area contributed by atoms with Crippen molar-refractivity contribution in [2.45, 2.75) is 44.6 Å². The Bertz CT molecular complexity index is 565. The molecule has 0 atom stereocenters. The van der Waals surface area contributed by atoms with Gasteiger partial charge in [0.15, 0.2) is 0 Å². The van der Waals surface area contributed by atoms with Crippen LogP contribution in [0.3, 0.4) is 0 Å². The fourth-order valence-electron chi connectivity index (χ4n) is 3.00. The number of rotatable bonds is 3. The highest BCUT2D eigenvalue weighted by atomic mass is 32.2. The van der Waals surface area contributed by atoms with Crippen LogP contribution in [0.4, 0.5) is 0 Å². The zero-order chi connectivity index (χ0) is 14.9. The number of aryl methyl sites for hydroxylation is 3. The molecular formula is C15H24N2O2S. The Kier molecular flexibility index (Phi) is 4.52. The SMILES string of the molecule is Cc1cc(C)c(S(=O)(=O)NC2CCN(C)CC2)c(C)c1. The van der Waals surface area contributed by atoms with Crippen molar-refractivity contribution in [3.05, 3.63) is 28.8 Å². The molecule has 0 unspecified atom stereocenters. The first-order valence-electron chi connectivity index (χ1n) is 7.08. The van der Waals surface area contributed by atoms with Crippen molar-refractivity contribution < 1.29 is 8.42 Å². The van der Waals surface area contributed by atoms with Crippen LogP contribution in [0.2, 0.25) is 0 Å². The fourth-order valence-corrected chi connectivity index (χ4v) is 4.75. The van der Waals surface area contributed by atoms with Gasteiger partial charge in [-0.3, -0.25) is 0 Å². The van der Waals surface area contributed by atoms with Crippen LogP contribution in [0.1, 0.15) is 29.5 Å². The largest absolute Gasteiger partial charge is 0.306 e. The second kappa shape index (κ2) is 5.84. The number of nitrogens with zero attached hydrogens (tertiary/aromatic N) is 1. The van der Waals surface area contributed by atoms with E-state index in [-0.39, 0.29) is 6.04 Å². The molecule has 0 aliphatic carbocycles. The number of hydrogen-bond donors (Lipinski definition) is 1. The minimum absolute atomic E-state index is 0.0521. The number of hydrogen-bond acceptors (Lipinski definition) is 3. The summed E-state index contributed by atoms with van der Waals surface area (Å²) in [6.45, 7) is 7.60. The highest BCUT2D eigenvalue weighted by molar-refractivity contribution is 7.89. The zero-order valence-electron chi connectivity index (χ0n) is 12.7. The molecule has 1 N–H and O–H groups in total. The van der Waals surface area contributed by atoms with Crippen LogP contribution in [-0.2, 0) is 10.0 Å². The number of likely N-dealkylation sites (tertiary alicyclic amines) is 1. The minimum Gasteiger partial charge on any atom is -0.306 e. The van der Waals surface area contributed by atoms with Crippen molar-refractivity contribution >= 4 is 10.0 Å². The highest BCUT2D eigenvalue weighted by Crippen LogP contribution is 2.23. The average Bonchev–Trinajstić information content (AvgIpc) is 2.30. The molecule has 0 spiro atoms. The Hall–Kier alpha value is -0.910. The summed E-state index contributed by atoms with van der Waals surface area (Å²) in [4.78, 5) is 2.68. The van der Waals surface area contributed by atoms with Crippen LogP contribution >= 0.6 is 0 Å². The molecule has 0 radical (unpaired) electrons. The van der Waals surface area contributed by atoms with Gasteiger partial charge in [-0.25, -0.2) is 13.1 Å². The molecule has 4 nitrogen and oxygen atoms in total. The van der Waals surface area contributed by atoms with E-state index >= 15 is 0 Å². The number of nitrogens with one attached hydrogen (secondary N) is 1. The third kappa shape index (κ3) is 3.40. The topological polar surface area (TPSA) is 49.4 Å². The summed E-state index contributed by atoms with van der Waals surface area (Å²) in [6, 6.07) is 3.91. The first kappa shape index (κ1) is 15.5.